The first-order chi connectivity index (χ1) is 4.30. The third kappa shape index (κ3) is 1.92. The summed E-state index contributed by atoms with van der Waals surface area (Å²) in [5.74, 6) is 2.62. The zero-order valence-corrected chi connectivity index (χ0v) is 6.61. The van der Waals surface area contributed by atoms with Crippen LogP contribution in [0.4, 0.5) is 0 Å². The molecule has 52 valence electrons. The third-order valence-corrected chi connectivity index (χ3v) is 2.42. The van der Waals surface area contributed by atoms with Gasteiger partial charge < -0.3 is 0 Å². The van der Waals surface area contributed by atoms with E-state index in [2.05, 4.69) is 13.8 Å². The maximum atomic E-state index is 2.27. The standard InChI is InChI=1S/C9H17/c1-8(2)9-6-4-3-5-7-9/h9H,3-7H2,1-2H3/q+1. The predicted molar refractivity (Wildman–Crippen MR) is 41.2 cm³/mol. The topological polar surface area (TPSA) is 0 Å². The minimum atomic E-state index is 0.971. The Kier molecular flexibility index (Phi) is 2.44. The van der Waals surface area contributed by atoms with E-state index in [0.29, 0.717) is 0 Å². The second-order valence-corrected chi connectivity index (χ2v) is 3.41. The lowest BCUT2D eigenvalue weighted by Gasteiger charge is -2.17. The van der Waals surface area contributed by atoms with Crippen LogP contribution in [0, 0.1) is 11.8 Å². The molecule has 0 radical (unpaired) electrons. The molecule has 0 bridgehead atoms. The van der Waals surface area contributed by atoms with Gasteiger partial charge in [-0.15, -0.1) is 0 Å². The molecule has 0 heteroatoms. The molecule has 0 aromatic rings. The van der Waals surface area contributed by atoms with Crippen LogP contribution >= 0.6 is 0 Å². The van der Waals surface area contributed by atoms with Gasteiger partial charge in [-0.3, -0.25) is 0 Å². The summed E-state index contributed by atoms with van der Waals surface area (Å²) in [6.07, 6.45) is 7.33. The van der Waals surface area contributed by atoms with E-state index in [1.807, 2.05) is 0 Å². The lowest BCUT2D eigenvalue weighted by Crippen LogP contribution is -2.10. The van der Waals surface area contributed by atoms with E-state index in [1.54, 1.807) is 5.92 Å². The molecule has 0 aliphatic heterocycles. The van der Waals surface area contributed by atoms with Crippen LogP contribution in [0.1, 0.15) is 46.0 Å². The van der Waals surface area contributed by atoms with Crippen molar-refractivity contribution in [2.24, 2.45) is 5.92 Å². The average molecular weight is 125 g/mol. The van der Waals surface area contributed by atoms with Gasteiger partial charge in [0.15, 0.2) is 0 Å². The molecule has 0 spiro atoms. The lowest BCUT2D eigenvalue weighted by molar-refractivity contribution is 0.372. The van der Waals surface area contributed by atoms with Crippen LogP contribution in [0.5, 0.6) is 0 Å². The maximum absolute atomic E-state index is 2.27. The van der Waals surface area contributed by atoms with Crippen molar-refractivity contribution in [2.45, 2.75) is 46.0 Å². The molecule has 9 heavy (non-hydrogen) atoms. The molecule has 1 aliphatic carbocycles. The fourth-order valence-electron chi connectivity index (χ4n) is 1.68. The molecule has 1 saturated carbocycles. The lowest BCUT2D eigenvalue weighted by atomic mass is 9.82. The van der Waals surface area contributed by atoms with E-state index in [9.17, 15) is 0 Å². The van der Waals surface area contributed by atoms with Crippen LogP contribution in [0.2, 0.25) is 0 Å². The van der Waals surface area contributed by atoms with Gasteiger partial charge in [-0.1, -0.05) is 6.42 Å². The van der Waals surface area contributed by atoms with Gasteiger partial charge in [-0.05, 0) is 25.7 Å². The summed E-state index contributed by atoms with van der Waals surface area (Å²) in [5, 5.41) is 0. The molecular formula is C9H17+. The Hall–Kier alpha value is -0.130. The Labute approximate surface area is 58.7 Å². The second-order valence-electron chi connectivity index (χ2n) is 3.41. The fourth-order valence-corrected chi connectivity index (χ4v) is 1.68. The van der Waals surface area contributed by atoms with E-state index < -0.39 is 0 Å². The van der Waals surface area contributed by atoms with Gasteiger partial charge >= 0.3 is 0 Å². The van der Waals surface area contributed by atoms with E-state index in [-0.39, 0.29) is 0 Å². The molecule has 0 unspecified atom stereocenters. The van der Waals surface area contributed by atoms with E-state index in [4.69, 9.17) is 0 Å². The molecule has 0 aromatic heterocycles. The Morgan fingerprint density at radius 3 is 1.89 bits per heavy atom. The predicted octanol–water partition coefficient (Wildman–Crippen LogP) is 3.18. The van der Waals surface area contributed by atoms with Gasteiger partial charge in [0, 0.05) is 0 Å². The quantitative estimate of drug-likeness (QED) is 0.472. The molecule has 1 aliphatic rings. The van der Waals surface area contributed by atoms with Crippen molar-refractivity contribution in [1.29, 1.82) is 0 Å². The van der Waals surface area contributed by atoms with Crippen molar-refractivity contribution in [3.05, 3.63) is 5.92 Å². The fraction of sp³-hybridized carbons (Fsp3) is 0.889. The summed E-state index contributed by atoms with van der Waals surface area (Å²) in [5.41, 5.74) is 0. The van der Waals surface area contributed by atoms with Gasteiger partial charge in [-0.25, -0.2) is 0 Å². The smallest absolute Gasteiger partial charge is 0.0530 e. The van der Waals surface area contributed by atoms with Crippen LogP contribution in [0.15, 0.2) is 0 Å². The summed E-state index contributed by atoms with van der Waals surface area (Å²) in [6.45, 7) is 4.55. The molecule has 0 atom stereocenters. The van der Waals surface area contributed by atoms with Gasteiger partial charge in [0.1, 0.15) is 0 Å². The summed E-state index contributed by atoms with van der Waals surface area (Å²) in [4.78, 5) is 0. The monoisotopic (exact) mass is 125 g/mol. The van der Waals surface area contributed by atoms with Crippen LogP contribution in [0.3, 0.4) is 0 Å². The SMILES string of the molecule is C[C+](C)C1CCCCC1. The zero-order valence-electron chi connectivity index (χ0n) is 6.61. The summed E-state index contributed by atoms with van der Waals surface area (Å²) < 4.78 is 0. The number of hydrogen-bond donors (Lipinski definition) is 0. The first-order valence-corrected chi connectivity index (χ1v) is 4.11. The van der Waals surface area contributed by atoms with Gasteiger partial charge in [-0.2, -0.15) is 0 Å². The average Bonchev–Trinajstić information content (AvgIpc) is 1.90. The Bertz CT molecular complexity index is 68.1. The van der Waals surface area contributed by atoms with Crippen LogP contribution < -0.4 is 0 Å². The van der Waals surface area contributed by atoms with Crippen molar-refractivity contribution in [2.75, 3.05) is 0 Å². The van der Waals surface area contributed by atoms with Crippen molar-refractivity contribution in [3.8, 4) is 0 Å². The van der Waals surface area contributed by atoms with E-state index >= 15 is 0 Å². The van der Waals surface area contributed by atoms with E-state index in [0.717, 1.165) is 5.92 Å². The Morgan fingerprint density at radius 1 is 1.00 bits per heavy atom. The summed E-state index contributed by atoms with van der Waals surface area (Å²) in [6, 6.07) is 0. The van der Waals surface area contributed by atoms with Gasteiger partial charge in [0.2, 0.25) is 0 Å². The molecule has 0 N–H and O–H groups in total. The largest absolute Gasteiger partial charge is 0.0996 e. The molecule has 1 rings (SSSR count). The number of rotatable bonds is 1. The minimum Gasteiger partial charge on any atom is -0.0530 e. The highest BCUT2D eigenvalue weighted by Gasteiger charge is 2.24. The molecular weight excluding hydrogens is 108 g/mol. The van der Waals surface area contributed by atoms with E-state index in [1.165, 1.54) is 32.1 Å². The molecule has 0 nitrogen and oxygen atoms in total. The van der Waals surface area contributed by atoms with Crippen molar-refractivity contribution < 1.29 is 0 Å². The molecule has 1 fully saturated rings. The Morgan fingerprint density at radius 2 is 1.56 bits per heavy atom. The van der Waals surface area contributed by atoms with Crippen LogP contribution in [0.25, 0.3) is 0 Å². The minimum absolute atomic E-state index is 0.971. The maximum Gasteiger partial charge on any atom is 0.0996 e. The molecule has 0 amide bonds. The Balaban J connectivity index is 2.23. The third-order valence-electron chi connectivity index (χ3n) is 2.42. The first kappa shape index (κ1) is 6.98. The second kappa shape index (κ2) is 3.14. The highest BCUT2D eigenvalue weighted by molar-refractivity contribution is 4.88. The van der Waals surface area contributed by atoms with Crippen LogP contribution in [-0.2, 0) is 0 Å². The molecule has 0 heterocycles. The van der Waals surface area contributed by atoms with Crippen LogP contribution in [-0.4, -0.2) is 0 Å². The van der Waals surface area contributed by atoms with Gasteiger partial charge in [0.25, 0.3) is 0 Å². The number of hydrogen-bond acceptors (Lipinski definition) is 0. The summed E-state index contributed by atoms with van der Waals surface area (Å²) >= 11 is 0. The van der Waals surface area contributed by atoms with Crippen molar-refractivity contribution in [3.63, 3.8) is 0 Å². The van der Waals surface area contributed by atoms with Crippen molar-refractivity contribution in [1.82, 2.24) is 0 Å². The highest BCUT2D eigenvalue weighted by Crippen LogP contribution is 2.30. The normalized spacial score (nSPS) is 22.0. The molecule has 0 saturated heterocycles. The highest BCUT2D eigenvalue weighted by atomic mass is 14.2. The zero-order chi connectivity index (χ0) is 6.69. The first-order valence-electron chi connectivity index (χ1n) is 4.11. The van der Waals surface area contributed by atoms with Gasteiger partial charge in [0.05, 0.1) is 25.7 Å². The summed E-state index contributed by atoms with van der Waals surface area (Å²) in [7, 11) is 0. The molecule has 0 aromatic carbocycles. The van der Waals surface area contributed by atoms with Crippen molar-refractivity contribution >= 4 is 0 Å².